The van der Waals surface area contributed by atoms with Crippen LogP contribution in [0.4, 0.5) is 13.2 Å². The molecule has 2 heterocycles. The van der Waals surface area contributed by atoms with Crippen LogP contribution in [0.15, 0.2) is 54.9 Å². The van der Waals surface area contributed by atoms with E-state index < -0.39 is 18.8 Å². The molecule has 8 nitrogen and oxygen atoms in total. The van der Waals surface area contributed by atoms with E-state index in [1.807, 2.05) is 18.2 Å². The van der Waals surface area contributed by atoms with Crippen molar-refractivity contribution in [1.82, 2.24) is 9.97 Å². The number of benzene rings is 1. The van der Waals surface area contributed by atoms with Gasteiger partial charge in [-0.15, -0.1) is 0 Å². The molecule has 2 saturated carbocycles. The molecule has 2 fully saturated rings. The molecule has 0 saturated heterocycles. The topological polar surface area (TPSA) is 100 Å². The Morgan fingerprint density at radius 3 is 2.31 bits per heavy atom. The molecule has 1 unspecified atom stereocenters. The summed E-state index contributed by atoms with van der Waals surface area (Å²) in [5.74, 6) is 1.18. The number of ether oxygens (including phenoxy) is 4. The number of carbonyl (C=O) groups is 1. The average Bonchev–Trinajstić information content (AvgIpc) is 3.81. The van der Waals surface area contributed by atoms with Crippen molar-refractivity contribution in [2.75, 3.05) is 13.7 Å². The van der Waals surface area contributed by atoms with Crippen LogP contribution >= 0.6 is 0 Å². The fourth-order valence-corrected chi connectivity index (χ4v) is 5.33. The summed E-state index contributed by atoms with van der Waals surface area (Å²) >= 11 is 0. The predicted octanol–water partition coefficient (Wildman–Crippen LogP) is 6.83. The SMILES string of the molecule is COc1ccc(-c2ccc(OCC(F)(F)F)nc2)c(OC2CCC(Oc3cc(C(CC(=O)O)C4CC4)ccn3)CC2)c1. The van der Waals surface area contributed by atoms with Crippen LogP contribution in [0, 0.1) is 5.92 Å². The predicted molar refractivity (Wildman–Crippen MR) is 147 cm³/mol. The minimum absolute atomic E-state index is 0.0205. The van der Waals surface area contributed by atoms with Crippen molar-refractivity contribution in [2.24, 2.45) is 5.92 Å². The average molecular weight is 587 g/mol. The summed E-state index contributed by atoms with van der Waals surface area (Å²) in [5.41, 5.74) is 2.36. The monoisotopic (exact) mass is 586 g/mol. The van der Waals surface area contributed by atoms with E-state index >= 15 is 0 Å². The Labute approximate surface area is 241 Å². The van der Waals surface area contributed by atoms with Crippen LogP contribution in [-0.4, -0.2) is 53.1 Å². The van der Waals surface area contributed by atoms with Gasteiger partial charge in [0.25, 0.3) is 0 Å². The summed E-state index contributed by atoms with van der Waals surface area (Å²) in [6.07, 6.45) is 3.78. The van der Waals surface area contributed by atoms with E-state index in [1.54, 1.807) is 31.5 Å². The van der Waals surface area contributed by atoms with E-state index in [4.69, 9.17) is 18.9 Å². The lowest BCUT2D eigenvalue weighted by Crippen LogP contribution is -2.30. The fraction of sp³-hybridized carbons (Fsp3) is 0.452. The van der Waals surface area contributed by atoms with Gasteiger partial charge in [-0.1, -0.05) is 0 Å². The quantitative estimate of drug-likeness (QED) is 0.247. The Hall–Kier alpha value is -4.02. The van der Waals surface area contributed by atoms with E-state index in [9.17, 15) is 23.1 Å². The minimum atomic E-state index is -4.44. The maximum atomic E-state index is 12.5. The normalized spacial score (nSPS) is 19.5. The van der Waals surface area contributed by atoms with E-state index in [2.05, 4.69) is 9.97 Å². The van der Waals surface area contributed by atoms with Gasteiger partial charge in [0.15, 0.2) is 6.61 Å². The first kappa shape index (κ1) is 29.5. The summed E-state index contributed by atoms with van der Waals surface area (Å²) in [7, 11) is 1.56. The van der Waals surface area contributed by atoms with Gasteiger partial charge < -0.3 is 24.1 Å². The van der Waals surface area contributed by atoms with Gasteiger partial charge in [0.2, 0.25) is 11.8 Å². The molecule has 224 valence electrons. The number of carboxylic acid groups (broad SMARTS) is 1. The van der Waals surface area contributed by atoms with E-state index in [0.717, 1.165) is 49.7 Å². The van der Waals surface area contributed by atoms with Crippen LogP contribution in [0.25, 0.3) is 11.1 Å². The van der Waals surface area contributed by atoms with E-state index in [-0.39, 0.29) is 30.4 Å². The third kappa shape index (κ3) is 8.04. The van der Waals surface area contributed by atoms with Gasteiger partial charge in [-0.3, -0.25) is 4.79 Å². The number of rotatable bonds is 12. The molecule has 1 aromatic carbocycles. The van der Waals surface area contributed by atoms with E-state index in [0.29, 0.717) is 28.9 Å². The highest BCUT2D eigenvalue weighted by Crippen LogP contribution is 2.45. The maximum Gasteiger partial charge on any atom is 0.422 e. The molecule has 42 heavy (non-hydrogen) atoms. The summed E-state index contributed by atoms with van der Waals surface area (Å²) in [6, 6.07) is 12.2. The maximum absolute atomic E-state index is 12.5. The summed E-state index contributed by atoms with van der Waals surface area (Å²) in [6.45, 7) is -1.41. The van der Waals surface area contributed by atoms with Crippen molar-refractivity contribution in [3.63, 3.8) is 0 Å². The molecule has 2 aliphatic carbocycles. The molecule has 2 aromatic heterocycles. The lowest BCUT2D eigenvalue weighted by molar-refractivity contribution is -0.154. The molecule has 0 radical (unpaired) electrons. The molecule has 0 amide bonds. The van der Waals surface area contributed by atoms with Crippen LogP contribution in [0.2, 0.25) is 0 Å². The Morgan fingerprint density at radius 2 is 1.69 bits per heavy atom. The number of aliphatic carboxylic acids is 1. The molecule has 0 aliphatic heterocycles. The molecule has 0 bridgehead atoms. The number of pyridine rings is 2. The third-order valence-corrected chi connectivity index (χ3v) is 7.59. The van der Waals surface area contributed by atoms with Crippen LogP contribution < -0.4 is 18.9 Å². The number of halogens is 3. The zero-order valence-electron chi connectivity index (χ0n) is 23.2. The Balaban J connectivity index is 1.20. The van der Waals surface area contributed by atoms with Gasteiger partial charge in [0.1, 0.15) is 17.6 Å². The standard InChI is InChI=1S/C31H33F3N2O6/c1-39-24-9-10-25(21-4-11-28(36-17-21)40-18-31(32,33)34)27(15-24)41-22-5-7-23(8-6-22)42-29-14-20(12-13-35-29)26(16-30(37)38)19-2-3-19/h4,9-15,17,19,22-23,26H,2-3,5-8,16,18H2,1H3,(H,37,38). The Bertz CT molecular complexity index is 1360. The van der Waals surface area contributed by atoms with Gasteiger partial charge in [0.05, 0.1) is 19.6 Å². The van der Waals surface area contributed by atoms with Crippen molar-refractivity contribution in [2.45, 2.75) is 69.2 Å². The number of carboxylic acids is 1. The molecule has 11 heteroatoms. The van der Waals surface area contributed by atoms with Crippen molar-refractivity contribution in [1.29, 1.82) is 0 Å². The minimum Gasteiger partial charge on any atom is -0.497 e. The lowest BCUT2D eigenvalue weighted by Gasteiger charge is -2.30. The van der Waals surface area contributed by atoms with E-state index in [1.165, 1.54) is 12.3 Å². The highest BCUT2D eigenvalue weighted by Gasteiger charge is 2.34. The van der Waals surface area contributed by atoms with Gasteiger partial charge in [-0.2, -0.15) is 13.2 Å². The second kappa shape index (κ2) is 12.9. The van der Waals surface area contributed by atoms with Gasteiger partial charge >= 0.3 is 12.1 Å². The molecule has 1 N–H and O–H groups in total. The largest absolute Gasteiger partial charge is 0.497 e. The van der Waals surface area contributed by atoms with Gasteiger partial charge in [-0.05, 0) is 80.2 Å². The number of methoxy groups -OCH3 is 1. The number of aromatic nitrogens is 2. The molecular formula is C31H33F3N2O6. The molecule has 3 aromatic rings. The highest BCUT2D eigenvalue weighted by atomic mass is 19.4. The number of hydrogen-bond acceptors (Lipinski definition) is 7. The number of alkyl halides is 3. The number of hydrogen-bond donors (Lipinski definition) is 1. The highest BCUT2D eigenvalue weighted by molar-refractivity contribution is 5.71. The molecule has 2 aliphatic rings. The first-order valence-corrected chi connectivity index (χ1v) is 14.0. The van der Waals surface area contributed by atoms with Gasteiger partial charge in [-0.25, -0.2) is 9.97 Å². The first-order chi connectivity index (χ1) is 20.2. The Morgan fingerprint density at radius 1 is 0.952 bits per heavy atom. The van der Waals surface area contributed by atoms with Crippen molar-refractivity contribution in [3.05, 3.63) is 60.4 Å². The lowest BCUT2D eigenvalue weighted by atomic mass is 9.91. The second-order valence-corrected chi connectivity index (χ2v) is 10.8. The van der Waals surface area contributed by atoms with Crippen LogP contribution in [0.5, 0.6) is 23.3 Å². The zero-order valence-corrected chi connectivity index (χ0v) is 23.2. The molecule has 0 spiro atoms. The van der Waals surface area contributed by atoms with Crippen LogP contribution in [-0.2, 0) is 4.79 Å². The molecule has 1 atom stereocenters. The fourth-order valence-electron chi connectivity index (χ4n) is 5.33. The third-order valence-electron chi connectivity index (χ3n) is 7.59. The van der Waals surface area contributed by atoms with Gasteiger partial charge in [0, 0.05) is 41.7 Å². The molecule has 5 rings (SSSR count). The van der Waals surface area contributed by atoms with Crippen LogP contribution in [0.3, 0.4) is 0 Å². The first-order valence-electron chi connectivity index (χ1n) is 14.0. The number of nitrogens with zero attached hydrogens (tertiary/aromatic N) is 2. The smallest absolute Gasteiger partial charge is 0.422 e. The van der Waals surface area contributed by atoms with Crippen molar-refractivity contribution in [3.8, 4) is 34.4 Å². The molecular weight excluding hydrogens is 553 g/mol. The summed E-state index contributed by atoms with van der Waals surface area (Å²) in [5, 5.41) is 9.34. The van der Waals surface area contributed by atoms with Crippen molar-refractivity contribution < 1.29 is 42.0 Å². The second-order valence-electron chi connectivity index (χ2n) is 10.8. The van der Waals surface area contributed by atoms with Crippen molar-refractivity contribution >= 4 is 5.97 Å². The zero-order chi connectivity index (χ0) is 29.7. The summed E-state index contributed by atoms with van der Waals surface area (Å²) < 4.78 is 60.1. The summed E-state index contributed by atoms with van der Waals surface area (Å²) in [4.78, 5) is 19.8. The van der Waals surface area contributed by atoms with Crippen LogP contribution in [0.1, 0.15) is 56.4 Å². The Kier molecular flexibility index (Phi) is 9.03.